The number of aromatic nitrogens is 1. The lowest BCUT2D eigenvalue weighted by molar-refractivity contribution is 0.584. The molecule has 0 spiro atoms. The van der Waals surface area contributed by atoms with E-state index in [1.807, 2.05) is 19.1 Å². The second-order valence-electron chi connectivity index (χ2n) is 3.78. The second kappa shape index (κ2) is 4.91. The van der Waals surface area contributed by atoms with Gasteiger partial charge in [0.05, 0.1) is 12.2 Å². The van der Waals surface area contributed by atoms with Gasteiger partial charge in [0.25, 0.3) is 0 Å². The van der Waals surface area contributed by atoms with Gasteiger partial charge >= 0.3 is 0 Å². The first-order valence-corrected chi connectivity index (χ1v) is 5.25. The van der Waals surface area contributed by atoms with E-state index in [2.05, 4.69) is 10.3 Å². The maximum Gasteiger partial charge on any atom is 0.128 e. The van der Waals surface area contributed by atoms with Crippen molar-refractivity contribution in [1.29, 1.82) is 0 Å². The van der Waals surface area contributed by atoms with E-state index in [0.717, 1.165) is 17.3 Å². The van der Waals surface area contributed by atoms with E-state index in [9.17, 15) is 8.78 Å². The standard InChI is InChI=1S/C13H12F2N2/c1-9-3-2-4-16-13(9)8-17-12-6-10(14)5-11(15)7-12/h2-7,17H,8H2,1H3. The Labute approximate surface area is 98.3 Å². The Morgan fingerprint density at radius 2 is 1.88 bits per heavy atom. The molecule has 2 aromatic rings. The van der Waals surface area contributed by atoms with Gasteiger partial charge in [-0.25, -0.2) is 8.78 Å². The van der Waals surface area contributed by atoms with Gasteiger partial charge in [-0.3, -0.25) is 4.98 Å². The number of halogens is 2. The first-order valence-electron chi connectivity index (χ1n) is 5.25. The van der Waals surface area contributed by atoms with Crippen LogP contribution in [0.2, 0.25) is 0 Å². The average Bonchev–Trinajstić information content (AvgIpc) is 2.27. The Morgan fingerprint density at radius 3 is 2.53 bits per heavy atom. The number of aryl methyl sites for hydroxylation is 1. The Kier molecular flexibility index (Phi) is 3.32. The van der Waals surface area contributed by atoms with Gasteiger partial charge in [-0.05, 0) is 30.7 Å². The van der Waals surface area contributed by atoms with Crippen LogP contribution in [0, 0.1) is 18.6 Å². The summed E-state index contributed by atoms with van der Waals surface area (Å²) >= 11 is 0. The van der Waals surface area contributed by atoms with Crippen LogP contribution < -0.4 is 5.32 Å². The molecule has 2 rings (SSSR count). The minimum atomic E-state index is -0.592. The number of nitrogens with one attached hydrogen (secondary N) is 1. The fourth-order valence-electron chi connectivity index (χ4n) is 1.55. The highest BCUT2D eigenvalue weighted by atomic mass is 19.1. The van der Waals surface area contributed by atoms with Crippen molar-refractivity contribution in [1.82, 2.24) is 4.98 Å². The predicted molar refractivity (Wildman–Crippen MR) is 62.7 cm³/mol. The molecule has 0 saturated heterocycles. The van der Waals surface area contributed by atoms with Crippen LogP contribution >= 0.6 is 0 Å². The van der Waals surface area contributed by atoms with E-state index < -0.39 is 11.6 Å². The molecule has 0 atom stereocenters. The number of hydrogen-bond donors (Lipinski definition) is 1. The minimum Gasteiger partial charge on any atom is -0.379 e. The molecule has 1 aromatic heterocycles. The highest BCUT2D eigenvalue weighted by molar-refractivity contribution is 5.44. The highest BCUT2D eigenvalue weighted by Gasteiger charge is 2.02. The van der Waals surface area contributed by atoms with Crippen molar-refractivity contribution in [2.75, 3.05) is 5.32 Å². The molecule has 0 fully saturated rings. The molecule has 1 aromatic carbocycles. The molecule has 0 radical (unpaired) electrons. The van der Waals surface area contributed by atoms with E-state index in [-0.39, 0.29) is 0 Å². The molecule has 2 nitrogen and oxygen atoms in total. The number of anilines is 1. The third-order valence-corrected chi connectivity index (χ3v) is 2.44. The second-order valence-corrected chi connectivity index (χ2v) is 3.78. The SMILES string of the molecule is Cc1cccnc1CNc1cc(F)cc(F)c1. The van der Waals surface area contributed by atoms with Gasteiger partial charge < -0.3 is 5.32 Å². The van der Waals surface area contributed by atoms with Crippen molar-refractivity contribution < 1.29 is 8.78 Å². The Hall–Kier alpha value is -1.97. The molecular weight excluding hydrogens is 222 g/mol. The van der Waals surface area contributed by atoms with E-state index in [0.29, 0.717) is 12.2 Å². The first kappa shape index (κ1) is 11.5. The topological polar surface area (TPSA) is 24.9 Å². The smallest absolute Gasteiger partial charge is 0.128 e. The summed E-state index contributed by atoms with van der Waals surface area (Å²) in [6, 6.07) is 7.14. The fourth-order valence-corrected chi connectivity index (χ4v) is 1.55. The lowest BCUT2D eigenvalue weighted by Crippen LogP contribution is -2.04. The van der Waals surface area contributed by atoms with Crippen LogP contribution in [0.3, 0.4) is 0 Å². The Bertz CT molecular complexity index is 506. The van der Waals surface area contributed by atoms with Crippen LogP contribution in [0.5, 0.6) is 0 Å². The molecule has 0 saturated carbocycles. The molecule has 0 unspecified atom stereocenters. The van der Waals surface area contributed by atoms with Gasteiger partial charge in [0, 0.05) is 18.0 Å². The van der Waals surface area contributed by atoms with Gasteiger partial charge in [0.2, 0.25) is 0 Å². The number of pyridine rings is 1. The van der Waals surface area contributed by atoms with E-state index in [1.54, 1.807) is 6.20 Å². The van der Waals surface area contributed by atoms with Crippen molar-refractivity contribution in [3.63, 3.8) is 0 Å². The van der Waals surface area contributed by atoms with Gasteiger partial charge in [-0.2, -0.15) is 0 Å². The lowest BCUT2D eigenvalue weighted by Gasteiger charge is -2.08. The molecule has 1 N–H and O–H groups in total. The van der Waals surface area contributed by atoms with E-state index in [4.69, 9.17) is 0 Å². The van der Waals surface area contributed by atoms with E-state index in [1.165, 1.54) is 12.1 Å². The van der Waals surface area contributed by atoms with Crippen LogP contribution in [0.1, 0.15) is 11.3 Å². The largest absolute Gasteiger partial charge is 0.379 e. The van der Waals surface area contributed by atoms with Crippen molar-refractivity contribution >= 4 is 5.69 Å². The maximum atomic E-state index is 12.9. The Morgan fingerprint density at radius 1 is 1.18 bits per heavy atom. The zero-order valence-corrected chi connectivity index (χ0v) is 9.37. The summed E-state index contributed by atoms with van der Waals surface area (Å²) in [4.78, 5) is 4.19. The Balaban J connectivity index is 2.10. The molecule has 1 heterocycles. The van der Waals surface area contributed by atoms with Crippen LogP contribution in [-0.4, -0.2) is 4.98 Å². The summed E-state index contributed by atoms with van der Waals surface area (Å²) in [5.74, 6) is -1.18. The molecule has 0 amide bonds. The first-order chi connectivity index (χ1) is 8.15. The number of benzene rings is 1. The van der Waals surface area contributed by atoms with Gasteiger partial charge in [0.1, 0.15) is 11.6 Å². The van der Waals surface area contributed by atoms with Crippen molar-refractivity contribution in [2.24, 2.45) is 0 Å². The summed E-state index contributed by atoms with van der Waals surface area (Å²) in [5, 5.41) is 2.94. The van der Waals surface area contributed by atoms with Crippen LogP contribution in [-0.2, 0) is 6.54 Å². The lowest BCUT2D eigenvalue weighted by atomic mass is 10.2. The number of rotatable bonds is 3. The zero-order valence-electron chi connectivity index (χ0n) is 9.37. The van der Waals surface area contributed by atoms with Crippen LogP contribution in [0.4, 0.5) is 14.5 Å². The van der Waals surface area contributed by atoms with Crippen molar-refractivity contribution in [3.05, 3.63) is 59.4 Å². The predicted octanol–water partition coefficient (Wildman–Crippen LogP) is 3.28. The molecule has 0 aliphatic heterocycles. The summed E-state index contributed by atoms with van der Waals surface area (Å²) in [5.41, 5.74) is 2.31. The minimum absolute atomic E-state index is 0.410. The van der Waals surface area contributed by atoms with Crippen LogP contribution in [0.25, 0.3) is 0 Å². The maximum absolute atomic E-state index is 12.9. The normalized spacial score (nSPS) is 10.3. The molecule has 4 heteroatoms. The van der Waals surface area contributed by atoms with E-state index >= 15 is 0 Å². The molecular formula is C13H12F2N2. The molecule has 17 heavy (non-hydrogen) atoms. The van der Waals surface area contributed by atoms with Gasteiger partial charge in [-0.1, -0.05) is 6.07 Å². The summed E-state index contributed by atoms with van der Waals surface area (Å²) < 4.78 is 25.9. The molecule has 0 aliphatic carbocycles. The molecule has 0 aliphatic rings. The van der Waals surface area contributed by atoms with Crippen molar-refractivity contribution in [3.8, 4) is 0 Å². The van der Waals surface area contributed by atoms with Crippen molar-refractivity contribution in [2.45, 2.75) is 13.5 Å². The zero-order chi connectivity index (χ0) is 12.3. The average molecular weight is 234 g/mol. The number of nitrogens with zero attached hydrogens (tertiary/aromatic N) is 1. The fraction of sp³-hybridized carbons (Fsp3) is 0.154. The molecule has 88 valence electrons. The highest BCUT2D eigenvalue weighted by Crippen LogP contribution is 2.14. The quantitative estimate of drug-likeness (QED) is 0.881. The van der Waals surface area contributed by atoms with Gasteiger partial charge in [0.15, 0.2) is 0 Å². The summed E-state index contributed by atoms with van der Waals surface area (Å²) in [6.45, 7) is 2.38. The third kappa shape index (κ3) is 3.00. The molecule has 0 bridgehead atoms. The summed E-state index contributed by atoms with van der Waals surface area (Å²) in [7, 11) is 0. The van der Waals surface area contributed by atoms with Crippen LogP contribution in [0.15, 0.2) is 36.5 Å². The third-order valence-electron chi connectivity index (χ3n) is 2.44. The number of hydrogen-bond acceptors (Lipinski definition) is 2. The summed E-state index contributed by atoms with van der Waals surface area (Å²) in [6.07, 6.45) is 1.69. The van der Waals surface area contributed by atoms with Gasteiger partial charge in [-0.15, -0.1) is 0 Å². The monoisotopic (exact) mass is 234 g/mol.